The number of sulfone groups is 1. The van der Waals surface area contributed by atoms with E-state index in [2.05, 4.69) is 6.07 Å². The first-order valence-electron chi connectivity index (χ1n) is 13.3. The van der Waals surface area contributed by atoms with Crippen molar-refractivity contribution in [1.29, 1.82) is 10.5 Å². The maximum absolute atomic E-state index is 14.9. The van der Waals surface area contributed by atoms with Crippen LogP contribution in [-0.4, -0.2) is 14.2 Å². The van der Waals surface area contributed by atoms with Crippen LogP contribution < -0.4 is 0 Å². The predicted molar refractivity (Wildman–Crippen MR) is 139 cm³/mol. The summed E-state index contributed by atoms with van der Waals surface area (Å²) in [5, 5.41) is 18.3. The molecule has 190 valence electrons. The number of rotatable bonds is 6. The van der Waals surface area contributed by atoms with Crippen molar-refractivity contribution in [3.05, 3.63) is 53.8 Å². The minimum atomic E-state index is -3.57. The molecule has 0 aromatic heterocycles. The van der Waals surface area contributed by atoms with E-state index in [1.54, 1.807) is 24.3 Å². The Hall–Kier alpha value is -2.70. The molecule has 2 aliphatic carbocycles. The van der Waals surface area contributed by atoms with Gasteiger partial charge in [0.25, 0.3) is 0 Å². The highest BCUT2D eigenvalue weighted by Gasteiger charge is 2.30. The van der Waals surface area contributed by atoms with Gasteiger partial charge < -0.3 is 0 Å². The fourth-order valence-electron chi connectivity index (χ4n) is 6.21. The SMILES string of the molecule is N#Cc1ccc(-c2ccc(S(=O)(=O)CCC3CCCC(C4CCCCC(C#N)CC4)C3)cc2F)cc1. The molecule has 0 radical (unpaired) electrons. The Morgan fingerprint density at radius 3 is 2.33 bits per heavy atom. The Morgan fingerprint density at radius 1 is 0.861 bits per heavy atom. The van der Waals surface area contributed by atoms with E-state index in [4.69, 9.17) is 5.26 Å². The van der Waals surface area contributed by atoms with Crippen LogP contribution in [0, 0.1) is 52.2 Å². The maximum atomic E-state index is 14.9. The molecule has 4 atom stereocenters. The molecule has 0 amide bonds. The first-order chi connectivity index (χ1) is 17.4. The first-order valence-corrected chi connectivity index (χ1v) is 15.0. The number of nitriles is 2. The summed E-state index contributed by atoms with van der Waals surface area (Å²) in [5.41, 5.74) is 1.43. The van der Waals surface area contributed by atoms with E-state index in [1.165, 1.54) is 31.4 Å². The van der Waals surface area contributed by atoms with Crippen LogP contribution in [-0.2, 0) is 9.84 Å². The minimum Gasteiger partial charge on any atom is -0.224 e. The summed E-state index contributed by atoms with van der Waals surface area (Å²) in [7, 11) is -3.57. The summed E-state index contributed by atoms with van der Waals surface area (Å²) >= 11 is 0. The minimum absolute atomic E-state index is 0.0346. The van der Waals surface area contributed by atoms with Gasteiger partial charge in [0.1, 0.15) is 5.82 Å². The molecule has 4 unspecified atom stereocenters. The molecular formula is C30H35FN2O2S. The van der Waals surface area contributed by atoms with Gasteiger partial charge in [0.15, 0.2) is 9.84 Å². The first kappa shape index (κ1) is 26.4. The molecule has 2 aliphatic rings. The van der Waals surface area contributed by atoms with Crippen LogP contribution in [0.5, 0.6) is 0 Å². The average Bonchev–Trinajstić information content (AvgIpc) is 2.88. The summed E-state index contributed by atoms with van der Waals surface area (Å²) in [6.07, 6.45) is 11.8. The van der Waals surface area contributed by atoms with E-state index in [9.17, 15) is 18.1 Å². The lowest BCUT2D eigenvalue weighted by Crippen LogP contribution is -2.25. The van der Waals surface area contributed by atoms with Gasteiger partial charge in [0.05, 0.1) is 28.4 Å². The van der Waals surface area contributed by atoms with Crippen molar-refractivity contribution in [1.82, 2.24) is 0 Å². The van der Waals surface area contributed by atoms with Gasteiger partial charge in [-0.2, -0.15) is 10.5 Å². The molecular weight excluding hydrogens is 471 g/mol. The van der Waals surface area contributed by atoms with Crippen molar-refractivity contribution in [3.63, 3.8) is 0 Å². The molecule has 36 heavy (non-hydrogen) atoms. The van der Waals surface area contributed by atoms with Crippen LogP contribution in [0.2, 0.25) is 0 Å². The van der Waals surface area contributed by atoms with Gasteiger partial charge in [-0.3, -0.25) is 0 Å². The molecule has 2 aromatic rings. The smallest absolute Gasteiger partial charge is 0.178 e. The predicted octanol–water partition coefficient (Wildman–Crippen LogP) is 7.44. The number of halogens is 1. The van der Waals surface area contributed by atoms with Gasteiger partial charge >= 0.3 is 0 Å². The van der Waals surface area contributed by atoms with E-state index in [0.717, 1.165) is 51.0 Å². The van der Waals surface area contributed by atoms with Crippen LogP contribution in [0.3, 0.4) is 0 Å². The third-order valence-corrected chi connectivity index (χ3v) is 10.1. The average molecular weight is 507 g/mol. The molecule has 2 saturated carbocycles. The summed E-state index contributed by atoms with van der Waals surface area (Å²) < 4.78 is 41.0. The van der Waals surface area contributed by atoms with E-state index in [-0.39, 0.29) is 16.6 Å². The Balaban J connectivity index is 1.37. The quantitative estimate of drug-likeness (QED) is 0.407. The Bertz CT molecular complexity index is 1230. The zero-order valence-electron chi connectivity index (χ0n) is 20.8. The Kier molecular flexibility index (Phi) is 8.81. The monoisotopic (exact) mass is 506 g/mol. The third kappa shape index (κ3) is 6.54. The Labute approximate surface area is 215 Å². The van der Waals surface area contributed by atoms with Crippen molar-refractivity contribution in [2.75, 3.05) is 5.75 Å². The van der Waals surface area contributed by atoms with Crippen LogP contribution in [0.1, 0.15) is 76.2 Å². The number of nitrogens with zero attached hydrogens (tertiary/aromatic N) is 2. The van der Waals surface area contributed by atoms with Crippen LogP contribution in [0.15, 0.2) is 47.4 Å². The van der Waals surface area contributed by atoms with Crippen molar-refractivity contribution in [2.45, 2.75) is 75.5 Å². The summed E-state index contributed by atoms with van der Waals surface area (Å²) in [4.78, 5) is 0.0346. The molecule has 0 saturated heterocycles. The molecule has 0 heterocycles. The lowest BCUT2D eigenvalue weighted by atomic mass is 9.70. The normalized spacial score (nSPS) is 25.2. The molecule has 4 nitrogen and oxygen atoms in total. The summed E-state index contributed by atoms with van der Waals surface area (Å²) in [6.45, 7) is 0. The highest BCUT2D eigenvalue weighted by molar-refractivity contribution is 7.91. The van der Waals surface area contributed by atoms with Gasteiger partial charge in [-0.15, -0.1) is 0 Å². The van der Waals surface area contributed by atoms with Gasteiger partial charge in [-0.1, -0.05) is 56.7 Å². The van der Waals surface area contributed by atoms with Crippen molar-refractivity contribution in [3.8, 4) is 23.3 Å². The zero-order valence-corrected chi connectivity index (χ0v) is 21.6. The van der Waals surface area contributed by atoms with E-state index >= 15 is 0 Å². The van der Waals surface area contributed by atoms with E-state index < -0.39 is 15.7 Å². The van der Waals surface area contributed by atoms with Gasteiger partial charge in [-0.25, -0.2) is 12.8 Å². The second-order valence-electron chi connectivity index (χ2n) is 10.7. The second-order valence-corrected chi connectivity index (χ2v) is 12.8. The van der Waals surface area contributed by atoms with Crippen molar-refractivity contribution in [2.24, 2.45) is 23.7 Å². The van der Waals surface area contributed by atoms with Gasteiger partial charge in [0, 0.05) is 11.5 Å². The molecule has 0 bridgehead atoms. The van der Waals surface area contributed by atoms with Gasteiger partial charge in [0.2, 0.25) is 0 Å². The topological polar surface area (TPSA) is 81.7 Å². The number of hydrogen-bond acceptors (Lipinski definition) is 4. The van der Waals surface area contributed by atoms with E-state index in [0.29, 0.717) is 40.9 Å². The summed E-state index contributed by atoms with van der Waals surface area (Å²) in [5.74, 6) is 1.34. The zero-order chi connectivity index (χ0) is 25.5. The van der Waals surface area contributed by atoms with Crippen LogP contribution in [0.25, 0.3) is 11.1 Å². The standard InChI is InChI=1S/C30H35FN2O2S/c31-30-19-28(14-15-29(30)26-12-9-24(21-33)10-13-26)36(34,35)17-16-22-5-3-7-27(18-22)25-6-2-1-4-23(20-32)8-11-25/h9-10,12-15,19,22-23,25,27H,1-8,11,16-18H2. The third-order valence-electron chi connectivity index (χ3n) is 8.36. The molecule has 2 fully saturated rings. The largest absolute Gasteiger partial charge is 0.224 e. The molecule has 0 spiro atoms. The highest BCUT2D eigenvalue weighted by atomic mass is 32.2. The number of hydrogen-bond donors (Lipinski definition) is 0. The molecule has 2 aromatic carbocycles. The molecule has 0 N–H and O–H groups in total. The Morgan fingerprint density at radius 2 is 1.61 bits per heavy atom. The lowest BCUT2D eigenvalue weighted by molar-refractivity contribution is 0.161. The molecule has 6 heteroatoms. The van der Waals surface area contributed by atoms with Crippen molar-refractivity contribution >= 4 is 9.84 Å². The number of benzene rings is 2. The van der Waals surface area contributed by atoms with E-state index in [1.807, 2.05) is 6.07 Å². The second kappa shape index (κ2) is 12.0. The van der Waals surface area contributed by atoms with Crippen molar-refractivity contribution < 1.29 is 12.8 Å². The molecule has 4 rings (SSSR count). The van der Waals surface area contributed by atoms with Gasteiger partial charge in [-0.05, 0) is 79.7 Å². The highest BCUT2D eigenvalue weighted by Crippen LogP contribution is 2.41. The fourth-order valence-corrected chi connectivity index (χ4v) is 7.65. The summed E-state index contributed by atoms with van der Waals surface area (Å²) in [6, 6.07) is 15.2. The lowest BCUT2D eigenvalue weighted by Gasteiger charge is -2.36. The molecule has 0 aliphatic heterocycles. The fraction of sp³-hybridized carbons (Fsp3) is 0.533. The van der Waals surface area contributed by atoms with Crippen LogP contribution >= 0.6 is 0 Å². The maximum Gasteiger partial charge on any atom is 0.178 e. The van der Waals surface area contributed by atoms with Crippen LogP contribution in [0.4, 0.5) is 4.39 Å².